The van der Waals surface area contributed by atoms with Crippen LogP contribution in [0.25, 0.3) is 0 Å². The molecule has 0 spiro atoms. The summed E-state index contributed by atoms with van der Waals surface area (Å²) >= 11 is 5.48. The maximum atomic E-state index is 13.0. The maximum Gasteiger partial charge on any atom is 0.326 e. The van der Waals surface area contributed by atoms with E-state index in [4.69, 9.17) is 11.5 Å². The third kappa shape index (κ3) is 11.4. The average molecular weight is 494 g/mol. The van der Waals surface area contributed by atoms with Crippen LogP contribution < -0.4 is 27.4 Å². The molecule has 0 aromatic carbocycles. The van der Waals surface area contributed by atoms with Crippen molar-refractivity contribution in [2.45, 2.75) is 70.1 Å². The Balaban J connectivity index is 5.45. The van der Waals surface area contributed by atoms with E-state index in [0.717, 1.165) is 0 Å². The van der Waals surface area contributed by atoms with Crippen molar-refractivity contribution >= 4 is 48.1 Å². The normalized spacial score (nSPS) is 15.7. The van der Waals surface area contributed by atoms with Gasteiger partial charge in [-0.05, 0) is 50.2 Å². The molecular formula is C20H39N5O5S2. The standard InChI is InChI=1S/C20H39N5O5S2/c1-4-12(2)16(19(28)24-15(20(29)30)8-10-32-3)25-18(27)14(7-5-6-9-21)23-17(26)13(22)11-31/h12-16,31H,4-11,21-22H2,1-3H3,(H,23,26)(H,24,28)(H,25,27)(H,29,30). The van der Waals surface area contributed by atoms with E-state index in [2.05, 4.69) is 28.6 Å². The maximum absolute atomic E-state index is 13.0. The van der Waals surface area contributed by atoms with Gasteiger partial charge in [0.2, 0.25) is 17.7 Å². The van der Waals surface area contributed by atoms with Gasteiger partial charge in [0.15, 0.2) is 0 Å². The second-order valence-corrected chi connectivity index (χ2v) is 9.04. The Labute approximate surface area is 200 Å². The molecule has 5 atom stereocenters. The van der Waals surface area contributed by atoms with Crippen LogP contribution in [0.15, 0.2) is 0 Å². The quantitative estimate of drug-likeness (QED) is 0.107. The summed E-state index contributed by atoms with van der Waals surface area (Å²) in [6.45, 7) is 4.11. The van der Waals surface area contributed by atoms with E-state index >= 15 is 0 Å². The van der Waals surface area contributed by atoms with Crippen LogP contribution in [0.3, 0.4) is 0 Å². The minimum atomic E-state index is -1.13. The Morgan fingerprint density at radius 2 is 1.62 bits per heavy atom. The molecule has 0 saturated carbocycles. The fourth-order valence-corrected chi connectivity index (χ4v) is 3.47. The van der Waals surface area contributed by atoms with E-state index in [0.29, 0.717) is 38.0 Å². The van der Waals surface area contributed by atoms with Gasteiger partial charge in [0.1, 0.15) is 18.1 Å². The lowest BCUT2D eigenvalue weighted by atomic mass is 9.97. The summed E-state index contributed by atoms with van der Waals surface area (Å²) in [4.78, 5) is 49.6. The van der Waals surface area contributed by atoms with E-state index in [1.54, 1.807) is 6.92 Å². The average Bonchev–Trinajstić information content (AvgIpc) is 2.77. The molecule has 8 N–H and O–H groups in total. The van der Waals surface area contributed by atoms with Gasteiger partial charge in [-0.1, -0.05) is 20.3 Å². The summed E-state index contributed by atoms with van der Waals surface area (Å²) in [6, 6.07) is -3.77. The summed E-state index contributed by atoms with van der Waals surface area (Å²) in [5, 5.41) is 17.3. The number of carboxylic acids is 1. The number of amides is 3. The van der Waals surface area contributed by atoms with Crippen molar-refractivity contribution < 1.29 is 24.3 Å². The number of nitrogens with one attached hydrogen (secondary N) is 3. The van der Waals surface area contributed by atoms with Crippen LogP contribution in [-0.2, 0) is 19.2 Å². The first kappa shape index (κ1) is 30.5. The molecule has 3 amide bonds. The number of carboxylic acid groups (broad SMARTS) is 1. The van der Waals surface area contributed by atoms with Gasteiger partial charge in [0.25, 0.3) is 0 Å². The lowest BCUT2D eigenvalue weighted by Crippen LogP contribution is -2.58. The van der Waals surface area contributed by atoms with E-state index in [1.807, 2.05) is 13.2 Å². The number of unbranched alkanes of at least 4 members (excludes halogenated alkanes) is 1. The Kier molecular flexibility index (Phi) is 16.2. The molecule has 0 aromatic heterocycles. The second-order valence-electron chi connectivity index (χ2n) is 7.69. The molecule has 12 heteroatoms. The van der Waals surface area contributed by atoms with Gasteiger partial charge >= 0.3 is 5.97 Å². The van der Waals surface area contributed by atoms with E-state index < -0.39 is 47.9 Å². The highest BCUT2D eigenvalue weighted by molar-refractivity contribution is 7.98. The first-order valence-corrected chi connectivity index (χ1v) is 12.8. The van der Waals surface area contributed by atoms with Crippen molar-refractivity contribution in [2.24, 2.45) is 17.4 Å². The molecule has 32 heavy (non-hydrogen) atoms. The first-order chi connectivity index (χ1) is 15.1. The molecule has 0 aromatic rings. The number of thioether (sulfide) groups is 1. The molecule has 0 rings (SSSR count). The highest BCUT2D eigenvalue weighted by Gasteiger charge is 2.32. The molecule has 0 saturated heterocycles. The van der Waals surface area contributed by atoms with E-state index in [-0.39, 0.29) is 18.1 Å². The Morgan fingerprint density at radius 1 is 1.00 bits per heavy atom. The molecule has 0 bridgehead atoms. The van der Waals surface area contributed by atoms with Crippen LogP contribution in [0.1, 0.15) is 46.0 Å². The topological polar surface area (TPSA) is 177 Å². The zero-order valence-corrected chi connectivity index (χ0v) is 20.8. The smallest absolute Gasteiger partial charge is 0.326 e. The number of carbonyl (C=O) groups is 4. The Bertz CT molecular complexity index is 611. The molecule has 0 aliphatic heterocycles. The lowest BCUT2D eigenvalue weighted by Gasteiger charge is -2.28. The zero-order valence-electron chi connectivity index (χ0n) is 19.1. The van der Waals surface area contributed by atoms with Gasteiger partial charge in [0.05, 0.1) is 6.04 Å². The molecule has 0 heterocycles. The summed E-state index contributed by atoms with van der Waals surface area (Å²) in [7, 11) is 0. The van der Waals surface area contributed by atoms with E-state index in [1.165, 1.54) is 11.8 Å². The summed E-state index contributed by atoms with van der Waals surface area (Å²) < 4.78 is 0. The number of nitrogens with two attached hydrogens (primary N) is 2. The molecule has 10 nitrogen and oxygen atoms in total. The molecule has 0 aliphatic carbocycles. The van der Waals surface area contributed by atoms with Gasteiger partial charge in [-0.25, -0.2) is 4.79 Å². The van der Waals surface area contributed by atoms with Gasteiger partial charge in [0, 0.05) is 5.75 Å². The fourth-order valence-electron chi connectivity index (χ4n) is 2.83. The SMILES string of the molecule is CCC(C)C(NC(=O)C(CCCCN)NC(=O)C(N)CS)C(=O)NC(CCSC)C(=O)O. The molecule has 0 radical (unpaired) electrons. The minimum Gasteiger partial charge on any atom is -0.480 e. The Morgan fingerprint density at radius 3 is 2.12 bits per heavy atom. The minimum absolute atomic E-state index is 0.119. The van der Waals surface area contributed by atoms with E-state index in [9.17, 15) is 24.3 Å². The fraction of sp³-hybridized carbons (Fsp3) is 0.800. The van der Waals surface area contributed by atoms with Crippen LogP contribution in [0.4, 0.5) is 0 Å². The summed E-state index contributed by atoms with van der Waals surface area (Å²) in [5.41, 5.74) is 11.2. The molecular weight excluding hydrogens is 454 g/mol. The van der Waals surface area contributed by atoms with Crippen LogP contribution in [0, 0.1) is 5.92 Å². The van der Waals surface area contributed by atoms with Crippen LogP contribution in [0.2, 0.25) is 0 Å². The van der Waals surface area contributed by atoms with Crippen molar-refractivity contribution in [1.82, 2.24) is 16.0 Å². The van der Waals surface area contributed by atoms with Gasteiger partial charge < -0.3 is 32.5 Å². The van der Waals surface area contributed by atoms with Gasteiger partial charge in [-0.3, -0.25) is 14.4 Å². The largest absolute Gasteiger partial charge is 0.480 e. The lowest BCUT2D eigenvalue weighted by molar-refractivity contribution is -0.142. The molecule has 0 aliphatic rings. The predicted octanol–water partition coefficient (Wildman–Crippen LogP) is -0.289. The number of hydrogen-bond donors (Lipinski definition) is 7. The van der Waals surface area contributed by atoms with Crippen LogP contribution in [0.5, 0.6) is 0 Å². The van der Waals surface area contributed by atoms with Crippen molar-refractivity contribution in [3.8, 4) is 0 Å². The van der Waals surface area contributed by atoms with Gasteiger partial charge in [-0.2, -0.15) is 24.4 Å². The summed E-state index contributed by atoms with van der Waals surface area (Å²) in [6.07, 6.45) is 4.29. The predicted molar refractivity (Wildman–Crippen MR) is 131 cm³/mol. The number of carbonyl (C=O) groups excluding carboxylic acids is 3. The Hall–Kier alpha value is -1.50. The van der Waals surface area contributed by atoms with Crippen LogP contribution >= 0.6 is 24.4 Å². The molecule has 186 valence electrons. The monoisotopic (exact) mass is 493 g/mol. The van der Waals surface area contributed by atoms with Crippen molar-refractivity contribution in [1.29, 1.82) is 0 Å². The number of hydrogen-bond acceptors (Lipinski definition) is 8. The third-order valence-corrected chi connectivity index (χ3v) is 6.17. The third-order valence-electron chi connectivity index (χ3n) is 5.13. The van der Waals surface area contributed by atoms with Crippen molar-refractivity contribution in [2.75, 3.05) is 24.3 Å². The second kappa shape index (κ2) is 17.0. The van der Waals surface area contributed by atoms with Crippen molar-refractivity contribution in [3.63, 3.8) is 0 Å². The first-order valence-electron chi connectivity index (χ1n) is 10.8. The van der Waals surface area contributed by atoms with Gasteiger partial charge in [-0.15, -0.1) is 0 Å². The van der Waals surface area contributed by atoms with Crippen LogP contribution in [-0.4, -0.2) is 77.3 Å². The number of rotatable bonds is 17. The zero-order chi connectivity index (χ0) is 24.7. The number of thiol groups is 1. The highest BCUT2D eigenvalue weighted by atomic mass is 32.2. The molecule has 5 unspecified atom stereocenters. The number of aliphatic carboxylic acids is 1. The van der Waals surface area contributed by atoms with Crippen molar-refractivity contribution in [3.05, 3.63) is 0 Å². The highest BCUT2D eigenvalue weighted by Crippen LogP contribution is 2.11. The molecule has 0 fully saturated rings. The summed E-state index contributed by atoms with van der Waals surface area (Å²) in [5.74, 6) is -2.31.